The maximum Gasteiger partial charge on any atom is 0.421 e. The molecule has 0 aromatic rings. The molecule has 0 spiro atoms. The molecule has 1 atom stereocenters. The molecular formula is C10H19N3O4. The van der Waals surface area contributed by atoms with Gasteiger partial charge < -0.3 is 15.9 Å². The molecule has 1 aliphatic rings. The van der Waals surface area contributed by atoms with Crippen molar-refractivity contribution < 1.29 is 19.8 Å². The maximum atomic E-state index is 11.1. The Morgan fingerprint density at radius 2 is 1.82 bits per heavy atom. The van der Waals surface area contributed by atoms with Gasteiger partial charge in [-0.05, 0) is 19.3 Å². The molecule has 1 aliphatic heterocycles. The average molecular weight is 245 g/mol. The van der Waals surface area contributed by atoms with E-state index in [-0.39, 0.29) is 13.0 Å². The summed E-state index contributed by atoms with van der Waals surface area (Å²) in [6.45, 7) is 1.53. The quantitative estimate of drug-likeness (QED) is 0.637. The fraction of sp³-hybridized carbons (Fsp3) is 0.800. The van der Waals surface area contributed by atoms with Gasteiger partial charge in [-0.1, -0.05) is 6.42 Å². The number of aliphatic carboxylic acids is 1. The summed E-state index contributed by atoms with van der Waals surface area (Å²) in [5.74, 6) is -1.10. The number of amides is 1. The van der Waals surface area contributed by atoms with Crippen molar-refractivity contribution >= 4 is 12.1 Å². The molecule has 4 N–H and O–H groups in total. The number of hydrazine groups is 1. The van der Waals surface area contributed by atoms with Crippen molar-refractivity contribution in [1.29, 1.82) is 0 Å². The van der Waals surface area contributed by atoms with Crippen molar-refractivity contribution in [2.75, 3.05) is 19.6 Å². The number of piperidine rings is 1. The molecular weight excluding hydrogens is 226 g/mol. The van der Waals surface area contributed by atoms with E-state index in [4.69, 9.17) is 15.9 Å². The van der Waals surface area contributed by atoms with Crippen LogP contribution in [0.25, 0.3) is 0 Å². The lowest BCUT2D eigenvalue weighted by Gasteiger charge is -2.35. The number of nitrogens with zero attached hydrogens (tertiary/aromatic N) is 2. The molecule has 0 bridgehead atoms. The lowest BCUT2D eigenvalue weighted by atomic mass is 10.1. The summed E-state index contributed by atoms with van der Waals surface area (Å²) in [5, 5.41) is 20.6. The number of carboxylic acids is 1. The van der Waals surface area contributed by atoms with Crippen LogP contribution in [0.5, 0.6) is 0 Å². The van der Waals surface area contributed by atoms with Crippen LogP contribution in [0.2, 0.25) is 0 Å². The molecule has 1 fully saturated rings. The molecule has 0 aliphatic carbocycles. The Morgan fingerprint density at radius 3 is 2.29 bits per heavy atom. The largest absolute Gasteiger partial charge is 0.480 e. The van der Waals surface area contributed by atoms with Gasteiger partial charge in [0, 0.05) is 19.6 Å². The van der Waals surface area contributed by atoms with Gasteiger partial charge in [-0.15, -0.1) is 0 Å². The van der Waals surface area contributed by atoms with Crippen LogP contribution in [0, 0.1) is 0 Å². The minimum atomic E-state index is -1.10. The molecule has 98 valence electrons. The fourth-order valence-electron chi connectivity index (χ4n) is 1.86. The van der Waals surface area contributed by atoms with Gasteiger partial charge in [0.15, 0.2) is 0 Å². The van der Waals surface area contributed by atoms with Crippen LogP contribution in [0.3, 0.4) is 0 Å². The zero-order valence-corrected chi connectivity index (χ0v) is 9.71. The fourth-order valence-corrected chi connectivity index (χ4v) is 1.86. The number of hydrogen-bond acceptors (Lipinski definition) is 4. The summed E-state index contributed by atoms with van der Waals surface area (Å²) < 4.78 is 0. The minimum Gasteiger partial charge on any atom is -0.480 e. The predicted molar refractivity (Wildman–Crippen MR) is 60.4 cm³/mol. The second-order valence-electron chi connectivity index (χ2n) is 4.15. The first kappa shape index (κ1) is 13.7. The highest BCUT2D eigenvalue weighted by atomic mass is 16.4. The van der Waals surface area contributed by atoms with Gasteiger partial charge in [-0.25, -0.2) is 14.8 Å². The molecule has 1 rings (SSSR count). The number of nitrogens with two attached hydrogens (primary N) is 1. The van der Waals surface area contributed by atoms with Gasteiger partial charge in [0.25, 0.3) is 0 Å². The van der Waals surface area contributed by atoms with Crippen LogP contribution in [-0.4, -0.2) is 58.0 Å². The van der Waals surface area contributed by atoms with E-state index in [1.807, 2.05) is 0 Å². The topological polar surface area (TPSA) is 107 Å². The summed E-state index contributed by atoms with van der Waals surface area (Å²) in [7, 11) is 0. The van der Waals surface area contributed by atoms with Crippen molar-refractivity contribution in [3.63, 3.8) is 0 Å². The van der Waals surface area contributed by atoms with E-state index in [2.05, 4.69) is 0 Å². The molecule has 0 aromatic heterocycles. The molecule has 7 heteroatoms. The Kier molecular flexibility index (Phi) is 5.17. The third-order valence-corrected chi connectivity index (χ3v) is 2.86. The molecule has 1 saturated heterocycles. The molecule has 0 unspecified atom stereocenters. The highest BCUT2D eigenvalue weighted by Crippen LogP contribution is 2.12. The smallest absolute Gasteiger partial charge is 0.421 e. The lowest BCUT2D eigenvalue weighted by Crippen LogP contribution is -2.50. The summed E-state index contributed by atoms with van der Waals surface area (Å²) >= 11 is 0. The Bertz CT molecular complexity index is 279. The minimum absolute atomic E-state index is 0.123. The van der Waals surface area contributed by atoms with Gasteiger partial charge >= 0.3 is 12.1 Å². The highest BCUT2D eigenvalue weighted by Gasteiger charge is 2.24. The van der Waals surface area contributed by atoms with E-state index in [0.29, 0.717) is 13.1 Å². The zero-order chi connectivity index (χ0) is 12.8. The average Bonchev–Trinajstić information content (AvgIpc) is 2.29. The summed E-state index contributed by atoms with van der Waals surface area (Å²) in [4.78, 5) is 21.6. The molecule has 1 heterocycles. The Labute approximate surface area is 99.8 Å². The van der Waals surface area contributed by atoms with E-state index >= 15 is 0 Å². The third kappa shape index (κ3) is 4.20. The van der Waals surface area contributed by atoms with E-state index in [9.17, 15) is 9.59 Å². The summed E-state index contributed by atoms with van der Waals surface area (Å²) in [5.41, 5.74) is 5.36. The van der Waals surface area contributed by atoms with E-state index < -0.39 is 18.1 Å². The van der Waals surface area contributed by atoms with Gasteiger partial charge in [-0.2, -0.15) is 0 Å². The van der Waals surface area contributed by atoms with E-state index in [1.165, 1.54) is 5.01 Å². The first-order valence-electron chi connectivity index (χ1n) is 5.76. The normalized spacial score (nSPS) is 18.6. The highest BCUT2D eigenvalue weighted by molar-refractivity contribution is 5.73. The SMILES string of the molecule is N[C@@H](CCN(C(=O)O)N1CCCCC1)C(=O)O. The van der Waals surface area contributed by atoms with Crippen LogP contribution < -0.4 is 5.73 Å². The molecule has 0 radical (unpaired) electrons. The lowest BCUT2D eigenvalue weighted by molar-refractivity contribution is -0.139. The van der Waals surface area contributed by atoms with Crippen molar-refractivity contribution in [2.45, 2.75) is 31.7 Å². The van der Waals surface area contributed by atoms with Crippen LogP contribution in [0.4, 0.5) is 4.79 Å². The molecule has 7 nitrogen and oxygen atoms in total. The molecule has 1 amide bonds. The second kappa shape index (κ2) is 6.41. The Hall–Kier alpha value is -1.34. The predicted octanol–water partition coefficient (Wildman–Crippen LogP) is 0.169. The maximum absolute atomic E-state index is 11.1. The van der Waals surface area contributed by atoms with E-state index in [0.717, 1.165) is 19.3 Å². The first-order valence-corrected chi connectivity index (χ1v) is 5.76. The van der Waals surface area contributed by atoms with Crippen LogP contribution in [-0.2, 0) is 4.79 Å². The zero-order valence-electron chi connectivity index (χ0n) is 9.71. The number of hydrogen-bond donors (Lipinski definition) is 3. The Balaban J connectivity index is 2.48. The van der Waals surface area contributed by atoms with Crippen LogP contribution >= 0.6 is 0 Å². The van der Waals surface area contributed by atoms with E-state index in [1.54, 1.807) is 5.01 Å². The third-order valence-electron chi connectivity index (χ3n) is 2.86. The standard InChI is InChI=1S/C10H19N3O4/c11-8(9(14)15)4-7-13(10(16)17)12-5-2-1-3-6-12/h8H,1-7,11H2,(H,14,15)(H,16,17)/t8-/m0/s1. The number of carboxylic acid groups (broad SMARTS) is 2. The number of carbonyl (C=O) groups is 2. The first-order chi connectivity index (χ1) is 8.02. The van der Waals surface area contributed by atoms with Crippen LogP contribution in [0.1, 0.15) is 25.7 Å². The van der Waals surface area contributed by atoms with Gasteiger partial charge in [0.05, 0.1) is 0 Å². The summed E-state index contributed by atoms with van der Waals surface area (Å²) in [6, 6.07) is -1.01. The van der Waals surface area contributed by atoms with Crippen molar-refractivity contribution in [1.82, 2.24) is 10.0 Å². The van der Waals surface area contributed by atoms with Gasteiger partial charge in [0.2, 0.25) is 0 Å². The van der Waals surface area contributed by atoms with Crippen molar-refractivity contribution in [2.24, 2.45) is 5.73 Å². The van der Waals surface area contributed by atoms with Crippen LogP contribution in [0.15, 0.2) is 0 Å². The monoisotopic (exact) mass is 245 g/mol. The second-order valence-corrected chi connectivity index (χ2v) is 4.15. The number of rotatable bonds is 5. The van der Waals surface area contributed by atoms with Gasteiger partial charge in [0.1, 0.15) is 6.04 Å². The van der Waals surface area contributed by atoms with Crippen molar-refractivity contribution in [3.05, 3.63) is 0 Å². The molecule has 0 saturated carbocycles. The van der Waals surface area contributed by atoms with Crippen molar-refractivity contribution in [3.8, 4) is 0 Å². The molecule has 17 heavy (non-hydrogen) atoms. The summed E-state index contributed by atoms with van der Waals surface area (Å²) in [6.07, 6.45) is 2.12. The molecule has 0 aromatic carbocycles. The van der Waals surface area contributed by atoms with Gasteiger partial charge in [-0.3, -0.25) is 4.79 Å². The Morgan fingerprint density at radius 1 is 1.24 bits per heavy atom.